The van der Waals surface area contributed by atoms with Crippen molar-refractivity contribution < 1.29 is 14.7 Å². The fourth-order valence-corrected chi connectivity index (χ4v) is 4.92. The molecule has 23 heavy (non-hydrogen) atoms. The Morgan fingerprint density at radius 2 is 2.09 bits per heavy atom. The third-order valence-corrected chi connectivity index (χ3v) is 6.20. The lowest BCUT2D eigenvalue weighted by Gasteiger charge is -2.37. The fourth-order valence-electron chi connectivity index (χ4n) is 3.70. The molecule has 1 saturated heterocycles. The van der Waals surface area contributed by atoms with Crippen LogP contribution >= 0.6 is 11.3 Å². The maximum Gasteiger partial charge on any atom is 0.317 e. The highest BCUT2D eigenvalue weighted by Crippen LogP contribution is 2.31. The third kappa shape index (κ3) is 3.58. The van der Waals surface area contributed by atoms with E-state index in [1.165, 1.54) is 16.9 Å². The van der Waals surface area contributed by atoms with E-state index in [0.717, 1.165) is 50.2 Å². The molecule has 1 aliphatic heterocycles. The number of aryl methyl sites for hydroxylation is 2. The first-order valence-electron chi connectivity index (χ1n) is 8.45. The molecule has 1 fully saturated rings. The van der Waals surface area contributed by atoms with E-state index in [-0.39, 0.29) is 18.5 Å². The van der Waals surface area contributed by atoms with Crippen LogP contribution in [0.4, 0.5) is 0 Å². The Balaban J connectivity index is 1.57. The summed E-state index contributed by atoms with van der Waals surface area (Å²) in [6.45, 7) is 4.27. The number of carboxylic acids is 1. The lowest BCUT2D eigenvalue weighted by atomic mass is 10.0. The fraction of sp³-hybridized carbons (Fsp3) is 0.647. The van der Waals surface area contributed by atoms with Gasteiger partial charge in [0.25, 0.3) is 5.91 Å². The number of hydrogen-bond donors (Lipinski definition) is 1. The highest BCUT2D eigenvalue weighted by atomic mass is 32.1. The van der Waals surface area contributed by atoms with Gasteiger partial charge in [0.1, 0.15) is 0 Å². The molecule has 0 unspecified atom stereocenters. The smallest absolute Gasteiger partial charge is 0.317 e. The molecular weight excluding hydrogens is 312 g/mol. The normalized spacial score (nSPS) is 18.4. The molecule has 2 aliphatic rings. The van der Waals surface area contributed by atoms with Crippen LogP contribution in [-0.4, -0.2) is 59.0 Å². The number of likely N-dealkylation sites (tertiary alicyclic amines) is 1. The van der Waals surface area contributed by atoms with Gasteiger partial charge in [-0.3, -0.25) is 14.5 Å². The van der Waals surface area contributed by atoms with E-state index in [1.54, 1.807) is 11.3 Å². The number of hydrogen-bond acceptors (Lipinski definition) is 4. The monoisotopic (exact) mass is 336 g/mol. The largest absolute Gasteiger partial charge is 0.480 e. The SMILES string of the molecule is CCN(CC(=O)O)C1CCN(C(=O)c2cc3c(s2)CCC3)CC1. The number of aliphatic carboxylic acids is 1. The molecule has 0 bridgehead atoms. The van der Waals surface area contributed by atoms with Crippen molar-refractivity contribution in [3.05, 3.63) is 21.4 Å². The van der Waals surface area contributed by atoms with Crippen molar-refractivity contribution >= 4 is 23.2 Å². The molecule has 2 heterocycles. The molecule has 126 valence electrons. The van der Waals surface area contributed by atoms with Gasteiger partial charge in [0, 0.05) is 24.0 Å². The van der Waals surface area contributed by atoms with Crippen molar-refractivity contribution in [2.24, 2.45) is 0 Å². The van der Waals surface area contributed by atoms with E-state index in [1.807, 2.05) is 16.7 Å². The van der Waals surface area contributed by atoms with Crippen molar-refractivity contribution in [3.8, 4) is 0 Å². The minimum absolute atomic E-state index is 0.0900. The zero-order valence-electron chi connectivity index (χ0n) is 13.6. The van der Waals surface area contributed by atoms with Gasteiger partial charge >= 0.3 is 5.97 Å². The molecule has 0 saturated carbocycles. The summed E-state index contributed by atoms with van der Waals surface area (Å²) < 4.78 is 0. The summed E-state index contributed by atoms with van der Waals surface area (Å²) >= 11 is 1.66. The number of thiophene rings is 1. The maximum absolute atomic E-state index is 12.7. The molecule has 1 aliphatic carbocycles. The van der Waals surface area contributed by atoms with Crippen LogP contribution < -0.4 is 0 Å². The van der Waals surface area contributed by atoms with Gasteiger partial charge in [0.2, 0.25) is 0 Å². The highest BCUT2D eigenvalue weighted by molar-refractivity contribution is 7.14. The van der Waals surface area contributed by atoms with Gasteiger partial charge in [-0.15, -0.1) is 11.3 Å². The van der Waals surface area contributed by atoms with E-state index in [2.05, 4.69) is 6.07 Å². The first-order chi connectivity index (χ1) is 11.1. The Morgan fingerprint density at radius 3 is 2.70 bits per heavy atom. The maximum atomic E-state index is 12.7. The van der Waals surface area contributed by atoms with Crippen LogP contribution in [0.25, 0.3) is 0 Å². The number of fused-ring (bicyclic) bond motifs is 1. The van der Waals surface area contributed by atoms with Crippen LogP contribution in [0.5, 0.6) is 0 Å². The molecule has 1 aromatic heterocycles. The Labute approximate surface area is 140 Å². The van der Waals surface area contributed by atoms with Crippen LogP contribution in [0.2, 0.25) is 0 Å². The minimum atomic E-state index is -0.779. The molecule has 1 N–H and O–H groups in total. The van der Waals surface area contributed by atoms with E-state index < -0.39 is 5.97 Å². The van der Waals surface area contributed by atoms with E-state index in [4.69, 9.17) is 5.11 Å². The molecular formula is C17H24N2O3S. The predicted octanol–water partition coefficient (Wildman–Crippen LogP) is 2.25. The van der Waals surface area contributed by atoms with Gasteiger partial charge in [-0.1, -0.05) is 6.92 Å². The van der Waals surface area contributed by atoms with Gasteiger partial charge in [-0.25, -0.2) is 0 Å². The molecule has 3 rings (SSSR count). The van der Waals surface area contributed by atoms with Crippen LogP contribution in [0, 0.1) is 0 Å². The summed E-state index contributed by atoms with van der Waals surface area (Å²) in [5, 5.41) is 8.99. The molecule has 5 nitrogen and oxygen atoms in total. The Bertz CT molecular complexity index is 569. The number of carboxylic acid groups (broad SMARTS) is 1. The summed E-state index contributed by atoms with van der Waals surface area (Å²) in [6, 6.07) is 2.36. The second-order valence-electron chi connectivity index (χ2n) is 6.39. The average molecular weight is 336 g/mol. The number of nitrogens with zero attached hydrogens (tertiary/aromatic N) is 2. The van der Waals surface area contributed by atoms with Crippen LogP contribution in [0.1, 0.15) is 46.3 Å². The molecule has 1 aromatic rings. The summed E-state index contributed by atoms with van der Waals surface area (Å²) in [5.41, 5.74) is 1.37. The Hall–Kier alpha value is -1.40. The Morgan fingerprint density at radius 1 is 1.35 bits per heavy atom. The number of carbonyl (C=O) groups excluding carboxylic acids is 1. The summed E-state index contributed by atoms with van der Waals surface area (Å²) in [7, 11) is 0. The van der Waals surface area contributed by atoms with E-state index in [0.29, 0.717) is 0 Å². The molecule has 6 heteroatoms. The minimum Gasteiger partial charge on any atom is -0.480 e. The average Bonchev–Trinajstić information content (AvgIpc) is 3.13. The quantitative estimate of drug-likeness (QED) is 0.896. The van der Waals surface area contributed by atoms with Gasteiger partial charge in [-0.05, 0) is 50.3 Å². The second kappa shape index (κ2) is 7.01. The number of rotatable bonds is 5. The number of amides is 1. The summed E-state index contributed by atoms with van der Waals surface area (Å²) in [6.07, 6.45) is 5.17. The zero-order chi connectivity index (χ0) is 16.4. The first-order valence-corrected chi connectivity index (χ1v) is 9.26. The number of carbonyl (C=O) groups is 2. The predicted molar refractivity (Wildman–Crippen MR) is 90.2 cm³/mol. The number of piperidine rings is 1. The lowest BCUT2D eigenvalue weighted by molar-refractivity contribution is -0.139. The third-order valence-electron chi connectivity index (χ3n) is 4.97. The van der Waals surface area contributed by atoms with Crippen molar-refractivity contribution in [2.45, 2.75) is 45.1 Å². The molecule has 1 amide bonds. The van der Waals surface area contributed by atoms with Crippen LogP contribution in [0.15, 0.2) is 6.07 Å². The van der Waals surface area contributed by atoms with E-state index in [9.17, 15) is 9.59 Å². The molecule has 0 spiro atoms. The van der Waals surface area contributed by atoms with Gasteiger partial charge < -0.3 is 10.0 Å². The van der Waals surface area contributed by atoms with Gasteiger partial charge in [0.05, 0.1) is 11.4 Å². The Kier molecular flexibility index (Phi) is 5.02. The summed E-state index contributed by atoms with van der Waals surface area (Å²) in [5.74, 6) is -0.623. The lowest BCUT2D eigenvalue weighted by Crippen LogP contribution is -2.48. The van der Waals surface area contributed by atoms with Crippen molar-refractivity contribution in [1.29, 1.82) is 0 Å². The van der Waals surface area contributed by atoms with E-state index >= 15 is 0 Å². The second-order valence-corrected chi connectivity index (χ2v) is 7.53. The van der Waals surface area contributed by atoms with Crippen molar-refractivity contribution in [2.75, 3.05) is 26.2 Å². The van der Waals surface area contributed by atoms with Gasteiger partial charge in [-0.2, -0.15) is 0 Å². The van der Waals surface area contributed by atoms with Crippen LogP contribution in [-0.2, 0) is 17.6 Å². The molecule has 0 aromatic carbocycles. The summed E-state index contributed by atoms with van der Waals surface area (Å²) in [4.78, 5) is 29.8. The van der Waals surface area contributed by atoms with Crippen molar-refractivity contribution in [1.82, 2.24) is 9.80 Å². The van der Waals surface area contributed by atoms with Crippen molar-refractivity contribution in [3.63, 3.8) is 0 Å². The molecule has 0 atom stereocenters. The zero-order valence-corrected chi connectivity index (χ0v) is 14.4. The van der Waals surface area contributed by atoms with Crippen LogP contribution in [0.3, 0.4) is 0 Å². The topological polar surface area (TPSA) is 60.9 Å². The van der Waals surface area contributed by atoms with Gasteiger partial charge in [0.15, 0.2) is 0 Å². The standard InChI is InChI=1S/C17H24N2O3S/c1-2-18(11-16(20)21)13-6-8-19(9-7-13)17(22)15-10-12-4-3-5-14(12)23-15/h10,13H,2-9,11H2,1H3,(H,20,21). The highest BCUT2D eigenvalue weighted by Gasteiger charge is 2.29. The first kappa shape index (κ1) is 16.5. The molecule has 0 radical (unpaired) electrons. The number of likely N-dealkylation sites (N-methyl/N-ethyl adjacent to an activating group) is 1.